The molecule has 1 fully saturated rings. The zero-order valence-corrected chi connectivity index (χ0v) is 9.33. The largest absolute Gasteiger partial charge is 0.392 e. The quantitative estimate of drug-likeness (QED) is 0.587. The Morgan fingerprint density at radius 2 is 2.07 bits per heavy atom. The summed E-state index contributed by atoms with van der Waals surface area (Å²) in [5, 5.41) is 14.7. The number of hydrogen-bond acceptors (Lipinski definition) is 3. The number of hydrogen-bond donors (Lipinski definition) is 3. The van der Waals surface area contributed by atoms with Crippen molar-refractivity contribution in [1.82, 2.24) is 10.6 Å². The first-order valence-corrected chi connectivity index (χ1v) is 5.06. The molecule has 0 radical (unpaired) electrons. The third-order valence-electron chi connectivity index (χ3n) is 3.05. The first kappa shape index (κ1) is 12.0. The maximum absolute atomic E-state index is 11.3. The van der Waals surface area contributed by atoms with Gasteiger partial charge in [0.05, 0.1) is 12.6 Å². The van der Waals surface area contributed by atoms with E-state index in [1.165, 1.54) is 6.92 Å². The fourth-order valence-electron chi connectivity index (χ4n) is 1.60. The molecule has 2 amide bonds. The Hall–Kier alpha value is -1.10. The van der Waals surface area contributed by atoms with Crippen molar-refractivity contribution in [2.24, 2.45) is 5.41 Å². The van der Waals surface area contributed by atoms with Gasteiger partial charge in [-0.15, -0.1) is 0 Å². The van der Waals surface area contributed by atoms with Crippen LogP contribution in [0.5, 0.6) is 0 Å². The van der Waals surface area contributed by atoms with Gasteiger partial charge < -0.3 is 15.7 Å². The van der Waals surface area contributed by atoms with Crippen LogP contribution in [0, 0.1) is 5.41 Å². The number of nitrogens with one attached hydrogen (secondary N) is 2. The molecule has 1 saturated carbocycles. The Kier molecular flexibility index (Phi) is 3.34. The minimum absolute atomic E-state index is 0.00198. The van der Waals surface area contributed by atoms with Gasteiger partial charge in [-0.2, -0.15) is 0 Å². The van der Waals surface area contributed by atoms with Gasteiger partial charge in [0, 0.05) is 18.4 Å². The molecule has 2 unspecified atom stereocenters. The van der Waals surface area contributed by atoms with Gasteiger partial charge in [-0.3, -0.25) is 9.59 Å². The standard InChI is InChI=1S/C10H18N2O3/c1-6(13)11-5-9(15)12-7-4-8(14)10(7,2)3/h7-8,14H,4-5H2,1-3H3,(H,11,13)(H,12,15). The summed E-state index contributed by atoms with van der Waals surface area (Å²) in [4.78, 5) is 21.9. The molecule has 0 bridgehead atoms. The Morgan fingerprint density at radius 1 is 1.47 bits per heavy atom. The van der Waals surface area contributed by atoms with Crippen LogP contribution >= 0.6 is 0 Å². The Morgan fingerprint density at radius 3 is 2.47 bits per heavy atom. The number of carbonyl (C=O) groups excluding carboxylic acids is 2. The van der Waals surface area contributed by atoms with E-state index in [4.69, 9.17) is 0 Å². The molecular formula is C10H18N2O3. The minimum Gasteiger partial charge on any atom is -0.392 e. The molecule has 0 saturated heterocycles. The average Bonchev–Trinajstić information content (AvgIpc) is 2.14. The molecule has 15 heavy (non-hydrogen) atoms. The summed E-state index contributed by atoms with van der Waals surface area (Å²) in [5.74, 6) is -0.437. The summed E-state index contributed by atoms with van der Waals surface area (Å²) >= 11 is 0. The van der Waals surface area contributed by atoms with Gasteiger partial charge in [-0.25, -0.2) is 0 Å². The van der Waals surface area contributed by atoms with E-state index in [-0.39, 0.29) is 35.9 Å². The zero-order chi connectivity index (χ0) is 11.6. The van der Waals surface area contributed by atoms with E-state index in [2.05, 4.69) is 10.6 Å². The summed E-state index contributed by atoms with van der Waals surface area (Å²) in [6.07, 6.45) is 0.224. The van der Waals surface area contributed by atoms with E-state index in [0.717, 1.165) is 0 Å². The van der Waals surface area contributed by atoms with Gasteiger partial charge >= 0.3 is 0 Å². The lowest BCUT2D eigenvalue weighted by Crippen LogP contribution is -2.62. The second kappa shape index (κ2) is 4.18. The number of carbonyl (C=O) groups is 2. The number of rotatable bonds is 3. The molecule has 5 heteroatoms. The van der Waals surface area contributed by atoms with Crippen molar-refractivity contribution in [2.45, 2.75) is 39.3 Å². The lowest BCUT2D eigenvalue weighted by Gasteiger charge is -2.49. The van der Waals surface area contributed by atoms with Crippen molar-refractivity contribution in [3.8, 4) is 0 Å². The van der Waals surface area contributed by atoms with E-state index in [1.807, 2.05) is 13.8 Å². The highest BCUT2D eigenvalue weighted by molar-refractivity contribution is 5.83. The predicted molar refractivity (Wildman–Crippen MR) is 55.0 cm³/mol. The topological polar surface area (TPSA) is 78.4 Å². The minimum atomic E-state index is -0.358. The predicted octanol–water partition coefficient (Wildman–Crippen LogP) is -0.602. The molecule has 0 aromatic carbocycles. The third kappa shape index (κ3) is 2.68. The van der Waals surface area contributed by atoms with E-state index < -0.39 is 0 Å². The highest BCUT2D eigenvalue weighted by atomic mass is 16.3. The van der Waals surface area contributed by atoms with Crippen LogP contribution in [0.3, 0.4) is 0 Å². The lowest BCUT2D eigenvalue weighted by molar-refractivity contribution is -0.130. The van der Waals surface area contributed by atoms with Crippen LogP contribution in [0.15, 0.2) is 0 Å². The molecule has 5 nitrogen and oxygen atoms in total. The normalized spacial score (nSPS) is 27.7. The van der Waals surface area contributed by atoms with E-state index >= 15 is 0 Å². The second-order valence-corrected chi connectivity index (χ2v) is 4.60. The second-order valence-electron chi connectivity index (χ2n) is 4.60. The fraction of sp³-hybridized carbons (Fsp3) is 0.800. The number of aliphatic hydroxyl groups is 1. The van der Waals surface area contributed by atoms with Crippen molar-refractivity contribution in [2.75, 3.05) is 6.54 Å². The molecule has 0 heterocycles. The van der Waals surface area contributed by atoms with Crippen molar-refractivity contribution in [3.05, 3.63) is 0 Å². The van der Waals surface area contributed by atoms with Crippen LogP contribution in [-0.4, -0.2) is 35.6 Å². The van der Waals surface area contributed by atoms with Crippen molar-refractivity contribution in [1.29, 1.82) is 0 Å². The zero-order valence-electron chi connectivity index (χ0n) is 9.33. The Bertz CT molecular complexity index is 276. The Balaban J connectivity index is 2.31. The van der Waals surface area contributed by atoms with Gasteiger partial charge in [0.1, 0.15) is 0 Å². The van der Waals surface area contributed by atoms with Gasteiger partial charge in [0.25, 0.3) is 0 Å². The average molecular weight is 214 g/mol. The first-order valence-electron chi connectivity index (χ1n) is 5.06. The molecule has 2 atom stereocenters. The number of amides is 2. The van der Waals surface area contributed by atoms with Crippen LogP contribution in [0.25, 0.3) is 0 Å². The number of aliphatic hydroxyl groups excluding tert-OH is 1. The summed E-state index contributed by atoms with van der Waals surface area (Å²) < 4.78 is 0. The first-order chi connectivity index (χ1) is 6.84. The summed E-state index contributed by atoms with van der Waals surface area (Å²) in [5.41, 5.74) is -0.272. The van der Waals surface area contributed by atoms with Crippen molar-refractivity contribution >= 4 is 11.8 Å². The highest BCUT2D eigenvalue weighted by Crippen LogP contribution is 2.40. The van der Waals surface area contributed by atoms with Crippen molar-refractivity contribution < 1.29 is 14.7 Å². The van der Waals surface area contributed by atoms with E-state index in [1.54, 1.807) is 0 Å². The summed E-state index contributed by atoms with van der Waals surface area (Å²) in [6.45, 7) is 5.18. The maximum atomic E-state index is 11.3. The molecule has 1 aliphatic rings. The van der Waals surface area contributed by atoms with Crippen LogP contribution in [0.1, 0.15) is 27.2 Å². The van der Waals surface area contributed by atoms with Crippen LogP contribution < -0.4 is 10.6 Å². The fourth-order valence-corrected chi connectivity index (χ4v) is 1.60. The van der Waals surface area contributed by atoms with Gasteiger partial charge in [-0.1, -0.05) is 13.8 Å². The highest BCUT2D eigenvalue weighted by Gasteiger charge is 2.47. The van der Waals surface area contributed by atoms with E-state index in [0.29, 0.717) is 6.42 Å². The molecule has 86 valence electrons. The van der Waals surface area contributed by atoms with Gasteiger partial charge in [0.15, 0.2) is 0 Å². The molecule has 1 rings (SSSR count). The van der Waals surface area contributed by atoms with Crippen molar-refractivity contribution in [3.63, 3.8) is 0 Å². The summed E-state index contributed by atoms with van der Waals surface area (Å²) in [7, 11) is 0. The molecule has 1 aliphatic carbocycles. The van der Waals surface area contributed by atoms with Gasteiger partial charge in [0.2, 0.25) is 11.8 Å². The van der Waals surface area contributed by atoms with Crippen LogP contribution in [-0.2, 0) is 9.59 Å². The van der Waals surface area contributed by atoms with E-state index in [9.17, 15) is 14.7 Å². The van der Waals surface area contributed by atoms with Gasteiger partial charge in [-0.05, 0) is 6.42 Å². The Labute approximate surface area is 89.2 Å². The molecular weight excluding hydrogens is 196 g/mol. The molecule has 0 spiro atoms. The molecule has 0 aliphatic heterocycles. The molecule has 0 aromatic heterocycles. The lowest BCUT2D eigenvalue weighted by atomic mass is 9.64. The SMILES string of the molecule is CC(=O)NCC(=O)NC1CC(O)C1(C)C. The van der Waals surface area contributed by atoms with Crippen LogP contribution in [0.2, 0.25) is 0 Å². The van der Waals surface area contributed by atoms with Crippen LogP contribution in [0.4, 0.5) is 0 Å². The smallest absolute Gasteiger partial charge is 0.239 e. The molecule has 3 N–H and O–H groups in total. The third-order valence-corrected chi connectivity index (χ3v) is 3.05. The maximum Gasteiger partial charge on any atom is 0.239 e. The summed E-state index contributed by atoms with van der Waals surface area (Å²) in [6, 6.07) is -0.00578. The monoisotopic (exact) mass is 214 g/mol. The molecule has 0 aromatic rings.